The number of fused-ring (bicyclic) bond motifs is 1. The van der Waals surface area contributed by atoms with Crippen LogP contribution >= 0.6 is 0 Å². The molecule has 2 saturated heterocycles. The van der Waals surface area contributed by atoms with Crippen LogP contribution in [0.1, 0.15) is 55.3 Å². The number of aryl methyl sites for hydroxylation is 2. The lowest BCUT2D eigenvalue weighted by atomic mass is 10.0. The van der Waals surface area contributed by atoms with Crippen LogP contribution in [0, 0.1) is 13.8 Å². The number of hydrogen-bond acceptors (Lipinski definition) is 7. The molecular weight excluding hydrogens is 440 g/mol. The second-order valence-corrected chi connectivity index (χ2v) is 9.36. The lowest BCUT2D eigenvalue weighted by Gasteiger charge is -2.34. The van der Waals surface area contributed by atoms with Gasteiger partial charge in [0.15, 0.2) is 11.9 Å². The van der Waals surface area contributed by atoms with Crippen molar-refractivity contribution in [2.24, 2.45) is 0 Å². The summed E-state index contributed by atoms with van der Waals surface area (Å²) in [4.78, 5) is 14.8. The maximum absolute atomic E-state index is 14.8. The van der Waals surface area contributed by atoms with Crippen molar-refractivity contribution >= 4 is 16.9 Å². The summed E-state index contributed by atoms with van der Waals surface area (Å²) in [6.07, 6.45) is 7.36. The summed E-state index contributed by atoms with van der Waals surface area (Å²) in [5.41, 5.74) is 2.33. The molecule has 1 atom stereocenters. The highest BCUT2D eigenvalue weighted by molar-refractivity contribution is 5.89. The number of aromatic nitrogens is 5. The van der Waals surface area contributed by atoms with E-state index in [9.17, 15) is 8.78 Å². The number of likely N-dealkylation sites (tertiary alicyclic amines) is 1. The standard InChI is InChI=1S/C24H31F2N7O/c1-16-6-7-18(13-27-16)24(25,26)14-32-10-8-19(9-11-32)30-22-21-17(2)31-33(23(21)29-15-28-22)20-5-3-4-12-34-20/h6-7,13,15,19-20H,3-5,8-12,14H2,1-2H3,(H,28,29,30). The van der Waals surface area contributed by atoms with Gasteiger partial charge in [0.2, 0.25) is 0 Å². The fourth-order valence-electron chi connectivity index (χ4n) is 4.85. The molecule has 0 spiro atoms. The fourth-order valence-corrected chi connectivity index (χ4v) is 4.85. The Balaban J connectivity index is 1.24. The smallest absolute Gasteiger partial charge is 0.287 e. The number of halogens is 2. The van der Waals surface area contributed by atoms with Crippen molar-refractivity contribution in [2.75, 3.05) is 31.6 Å². The lowest BCUT2D eigenvalue weighted by molar-refractivity contribution is -0.0424. The molecule has 0 amide bonds. The maximum atomic E-state index is 14.8. The van der Waals surface area contributed by atoms with Gasteiger partial charge in [-0.25, -0.2) is 14.6 Å². The third kappa shape index (κ3) is 4.74. The number of pyridine rings is 1. The zero-order valence-electron chi connectivity index (χ0n) is 19.7. The molecule has 3 aromatic heterocycles. The fraction of sp³-hybridized carbons (Fsp3) is 0.583. The Kier molecular flexibility index (Phi) is 6.44. The summed E-state index contributed by atoms with van der Waals surface area (Å²) >= 11 is 0. The number of rotatable bonds is 6. The van der Waals surface area contributed by atoms with Crippen molar-refractivity contribution in [3.05, 3.63) is 41.6 Å². The first-order valence-corrected chi connectivity index (χ1v) is 12.0. The Morgan fingerprint density at radius 1 is 1.09 bits per heavy atom. The van der Waals surface area contributed by atoms with Crippen LogP contribution in [0.2, 0.25) is 0 Å². The van der Waals surface area contributed by atoms with Gasteiger partial charge in [-0.15, -0.1) is 0 Å². The Labute approximate surface area is 197 Å². The third-order valence-electron chi connectivity index (χ3n) is 6.78. The van der Waals surface area contributed by atoms with E-state index < -0.39 is 5.92 Å². The first-order chi connectivity index (χ1) is 16.4. The van der Waals surface area contributed by atoms with E-state index in [1.54, 1.807) is 19.3 Å². The van der Waals surface area contributed by atoms with Crippen molar-refractivity contribution < 1.29 is 13.5 Å². The number of piperidine rings is 1. The molecule has 1 N–H and O–H groups in total. The normalized spacial score (nSPS) is 20.6. The minimum atomic E-state index is -2.92. The second-order valence-electron chi connectivity index (χ2n) is 9.36. The largest absolute Gasteiger partial charge is 0.367 e. The van der Waals surface area contributed by atoms with Crippen LogP contribution in [0.3, 0.4) is 0 Å². The van der Waals surface area contributed by atoms with E-state index in [4.69, 9.17) is 9.84 Å². The van der Waals surface area contributed by atoms with E-state index in [2.05, 4.69) is 20.3 Å². The number of hydrogen-bond donors (Lipinski definition) is 1. The molecule has 182 valence electrons. The molecule has 0 aromatic carbocycles. The highest BCUT2D eigenvalue weighted by Gasteiger charge is 2.35. The van der Waals surface area contributed by atoms with Crippen molar-refractivity contribution in [3.63, 3.8) is 0 Å². The van der Waals surface area contributed by atoms with Crippen molar-refractivity contribution in [3.8, 4) is 0 Å². The topological polar surface area (TPSA) is 81.0 Å². The molecule has 0 aliphatic carbocycles. The minimum Gasteiger partial charge on any atom is -0.367 e. The average molecular weight is 472 g/mol. The average Bonchev–Trinajstić information content (AvgIpc) is 3.18. The molecule has 0 radical (unpaired) electrons. The predicted octanol–water partition coefficient (Wildman–Crippen LogP) is 4.21. The molecule has 1 unspecified atom stereocenters. The molecule has 0 saturated carbocycles. The number of nitrogens with zero attached hydrogens (tertiary/aromatic N) is 6. The summed E-state index contributed by atoms with van der Waals surface area (Å²) in [5, 5.41) is 9.14. The number of anilines is 1. The Bertz CT molecular complexity index is 1120. The summed E-state index contributed by atoms with van der Waals surface area (Å²) in [6.45, 7) is 5.38. The molecule has 8 nitrogen and oxygen atoms in total. The molecule has 3 aromatic rings. The maximum Gasteiger partial charge on any atom is 0.287 e. The van der Waals surface area contributed by atoms with Crippen LogP contribution in [0.5, 0.6) is 0 Å². The Morgan fingerprint density at radius 3 is 2.62 bits per heavy atom. The summed E-state index contributed by atoms with van der Waals surface area (Å²) in [6, 6.07) is 3.25. The van der Waals surface area contributed by atoms with Gasteiger partial charge < -0.3 is 10.1 Å². The zero-order chi connectivity index (χ0) is 23.7. The number of alkyl halides is 2. The molecule has 0 bridgehead atoms. The van der Waals surface area contributed by atoms with E-state index >= 15 is 0 Å². The highest BCUT2D eigenvalue weighted by Crippen LogP contribution is 2.32. The van der Waals surface area contributed by atoms with Crippen LogP contribution in [0.25, 0.3) is 11.0 Å². The summed E-state index contributed by atoms with van der Waals surface area (Å²) in [7, 11) is 0. The monoisotopic (exact) mass is 471 g/mol. The first-order valence-electron chi connectivity index (χ1n) is 12.0. The molecule has 5 rings (SSSR count). The SMILES string of the molecule is Cc1ccc(C(F)(F)CN2CCC(Nc3ncnc4c3c(C)nn4C3CCCCO3)CC2)cn1. The third-order valence-corrected chi connectivity index (χ3v) is 6.78. The van der Waals surface area contributed by atoms with Gasteiger partial charge in [0, 0.05) is 43.2 Å². The van der Waals surface area contributed by atoms with Crippen LogP contribution in [-0.4, -0.2) is 61.9 Å². The van der Waals surface area contributed by atoms with Crippen LogP contribution in [-0.2, 0) is 10.7 Å². The first kappa shape index (κ1) is 23.0. The van der Waals surface area contributed by atoms with Gasteiger partial charge in [0.25, 0.3) is 5.92 Å². The Morgan fingerprint density at radius 2 is 1.91 bits per heavy atom. The number of ether oxygens (including phenoxy) is 1. The predicted molar refractivity (Wildman–Crippen MR) is 125 cm³/mol. The van der Waals surface area contributed by atoms with Crippen LogP contribution in [0.15, 0.2) is 24.7 Å². The number of nitrogens with one attached hydrogen (secondary N) is 1. The van der Waals surface area contributed by atoms with Gasteiger partial charge in [-0.05, 0) is 58.1 Å². The van der Waals surface area contributed by atoms with Gasteiger partial charge in [-0.3, -0.25) is 9.88 Å². The van der Waals surface area contributed by atoms with E-state index in [0.717, 1.165) is 67.0 Å². The van der Waals surface area contributed by atoms with Gasteiger partial charge in [0.1, 0.15) is 12.1 Å². The zero-order valence-corrected chi connectivity index (χ0v) is 19.7. The summed E-state index contributed by atoms with van der Waals surface area (Å²) in [5.74, 6) is -2.17. The van der Waals surface area contributed by atoms with Gasteiger partial charge in [-0.2, -0.15) is 13.9 Å². The van der Waals surface area contributed by atoms with Gasteiger partial charge in [-0.1, -0.05) is 0 Å². The molecule has 34 heavy (non-hydrogen) atoms. The molecule has 2 aliphatic rings. The van der Waals surface area contributed by atoms with Gasteiger partial charge >= 0.3 is 0 Å². The lowest BCUT2D eigenvalue weighted by Crippen LogP contribution is -2.43. The quantitative estimate of drug-likeness (QED) is 0.577. The van der Waals surface area contributed by atoms with E-state index in [0.29, 0.717) is 13.1 Å². The van der Waals surface area contributed by atoms with E-state index in [-0.39, 0.29) is 24.4 Å². The molecule has 2 fully saturated rings. The van der Waals surface area contributed by atoms with Crippen molar-refractivity contribution in [1.82, 2.24) is 29.6 Å². The molecular formula is C24H31F2N7O. The minimum absolute atomic E-state index is 0.0313. The second kappa shape index (κ2) is 9.50. The van der Waals surface area contributed by atoms with E-state index in [1.807, 2.05) is 16.5 Å². The van der Waals surface area contributed by atoms with Crippen molar-refractivity contribution in [1.29, 1.82) is 0 Å². The van der Waals surface area contributed by atoms with Crippen LogP contribution < -0.4 is 5.32 Å². The molecule has 2 aliphatic heterocycles. The molecule has 10 heteroatoms. The highest BCUT2D eigenvalue weighted by atomic mass is 19.3. The van der Waals surface area contributed by atoms with Crippen molar-refractivity contribution in [2.45, 2.75) is 64.1 Å². The van der Waals surface area contributed by atoms with E-state index in [1.165, 1.54) is 12.3 Å². The molecule has 5 heterocycles. The van der Waals surface area contributed by atoms with Crippen LogP contribution in [0.4, 0.5) is 14.6 Å². The summed E-state index contributed by atoms with van der Waals surface area (Å²) < 4.78 is 37.3. The Hall–Kier alpha value is -2.72. The van der Waals surface area contributed by atoms with Gasteiger partial charge in [0.05, 0.1) is 17.6 Å².